The van der Waals surface area contributed by atoms with Gasteiger partial charge in [0.15, 0.2) is 0 Å². The molecule has 10 nitrogen and oxygen atoms in total. The Kier molecular flexibility index (Phi) is 6.43. The summed E-state index contributed by atoms with van der Waals surface area (Å²) in [6, 6.07) is 6.74. The molecule has 1 fully saturated rings. The Labute approximate surface area is 200 Å². The summed E-state index contributed by atoms with van der Waals surface area (Å²) in [6.07, 6.45) is -0.0543. The third-order valence-electron chi connectivity index (χ3n) is 5.63. The van der Waals surface area contributed by atoms with E-state index in [0.29, 0.717) is 5.56 Å². The number of rotatable bonds is 7. The number of fused-ring (bicyclic) bond motifs is 1. The number of amides is 4. The van der Waals surface area contributed by atoms with E-state index in [2.05, 4.69) is 15.4 Å². The van der Waals surface area contributed by atoms with Crippen LogP contribution in [0.3, 0.4) is 0 Å². The van der Waals surface area contributed by atoms with E-state index in [1.807, 2.05) is 0 Å². The lowest BCUT2D eigenvalue weighted by Crippen LogP contribution is -2.54. The number of hydrogen-bond donors (Lipinski definition) is 3. The van der Waals surface area contributed by atoms with E-state index in [4.69, 9.17) is 0 Å². The van der Waals surface area contributed by atoms with Gasteiger partial charge in [-0.15, -0.1) is 0 Å². The Hall–Kier alpha value is -3.64. The van der Waals surface area contributed by atoms with E-state index >= 15 is 0 Å². The fraction of sp³-hybridized carbons (Fsp3) is 0.304. The molecule has 0 radical (unpaired) electrons. The Morgan fingerprint density at radius 2 is 1.86 bits per heavy atom. The molecule has 1 unspecified atom stereocenters. The minimum absolute atomic E-state index is 0.0208. The van der Waals surface area contributed by atoms with E-state index in [-0.39, 0.29) is 47.1 Å². The Bertz CT molecular complexity index is 1360. The monoisotopic (exact) mass is 502 g/mol. The van der Waals surface area contributed by atoms with Crippen LogP contribution < -0.4 is 15.4 Å². The van der Waals surface area contributed by atoms with Gasteiger partial charge in [-0.05, 0) is 50.1 Å². The average Bonchev–Trinajstić information content (AvgIpc) is 3.03. The van der Waals surface area contributed by atoms with Crippen molar-refractivity contribution in [1.82, 2.24) is 14.9 Å². The van der Waals surface area contributed by atoms with Crippen LogP contribution in [0.5, 0.6) is 0 Å². The number of halogens is 1. The van der Waals surface area contributed by atoms with Crippen molar-refractivity contribution in [2.24, 2.45) is 0 Å². The first-order valence-electron chi connectivity index (χ1n) is 10.9. The number of hydrogen-bond acceptors (Lipinski definition) is 7. The van der Waals surface area contributed by atoms with Gasteiger partial charge in [0.05, 0.1) is 21.7 Å². The molecule has 2 aromatic rings. The second kappa shape index (κ2) is 9.19. The summed E-state index contributed by atoms with van der Waals surface area (Å²) in [5, 5.41) is 4.91. The minimum Gasteiger partial charge on any atom is -0.378 e. The molecule has 2 aliphatic heterocycles. The van der Waals surface area contributed by atoms with Crippen LogP contribution in [0.1, 0.15) is 53.0 Å². The molecule has 1 atom stereocenters. The van der Waals surface area contributed by atoms with Crippen LogP contribution in [-0.2, 0) is 26.2 Å². The molecule has 4 amide bonds. The fourth-order valence-corrected chi connectivity index (χ4v) is 5.42. The number of nitrogens with zero attached hydrogens (tertiary/aromatic N) is 1. The minimum atomic E-state index is -3.75. The van der Waals surface area contributed by atoms with E-state index < -0.39 is 45.5 Å². The van der Waals surface area contributed by atoms with E-state index in [0.717, 1.165) is 11.0 Å². The van der Waals surface area contributed by atoms with Gasteiger partial charge in [0.25, 0.3) is 11.8 Å². The normalized spacial score (nSPS) is 18.2. The molecule has 1 saturated heterocycles. The van der Waals surface area contributed by atoms with Crippen LogP contribution in [0.25, 0.3) is 0 Å². The largest absolute Gasteiger partial charge is 0.378 e. The number of carbonyl (C=O) groups is 4. The van der Waals surface area contributed by atoms with Crippen molar-refractivity contribution in [2.75, 3.05) is 5.32 Å². The quantitative estimate of drug-likeness (QED) is 0.488. The number of nitrogens with one attached hydrogen (secondary N) is 3. The van der Waals surface area contributed by atoms with Gasteiger partial charge in [0.2, 0.25) is 21.8 Å². The molecule has 2 aliphatic rings. The third kappa shape index (κ3) is 4.66. The highest BCUT2D eigenvalue weighted by atomic mass is 32.2. The molecular weight excluding hydrogens is 479 g/mol. The third-order valence-corrected chi connectivity index (χ3v) is 7.28. The van der Waals surface area contributed by atoms with Crippen LogP contribution in [0.2, 0.25) is 0 Å². The first-order chi connectivity index (χ1) is 16.5. The van der Waals surface area contributed by atoms with Crippen molar-refractivity contribution >= 4 is 39.3 Å². The van der Waals surface area contributed by atoms with Gasteiger partial charge < -0.3 is 5.32 Å². The van der Waals surface area contributed by atoms with Crippen LogP contribution in [-0.4, -0.2) is 49.0 Å². The van der Waals surface area contributed by atoms with E-state index in [1.54, 1.807) is 19.9 Å². The highest BCUT2D eigenvalue weighted by molar-refractivity contribution is 7.89. The number of imide groups is 2. The number of benzene rings is 2. The van der Waals surface area contributed by atoms with Crippen molar-refractivity contribution in [3.8, 4) is 0 Å². The van der Waals surface area contributed by atoms with Gasteiger partial charge in [0.1, 0.15) is 11.9 Å². The summed E-state index contributed by atoms with van der Waals surface area (Å²) in [5.74, 6) is -3.66. The molecule has 3 N–H and O–H groups in total. The van der Waals surface area contributed by atoms with Crippen LogP contribution in [0.15, 0.2) is 41.3 Å². The molecule has 184 valence electrons. The van der Waals surface area contributed by atoms with Gasteiger partial charge in [0, 0.05) is 19.0 Å². The van der Waals surface area contributed by atoms with Crippen molar-refractivity contribution < 1.29 is 32.0 Å². The molecule has 0 aliphatic carbocycles. The molecule has 0 spiro atoms. The van der Waals surface area contributed by atoms with Crippen molar-refractivity contribution in [3.05, 3.63) is 58.9 Å². The van der Waals surface area contributed by atoms with Gasteiger partial charge >= 0.3 is 0 Å². The molecule has 12 heteroatoms. The molecule has 2 aromatic carbocycles. The fourth-order valence-electron chi connectivity index (χ4n) is 4.10. The van der Waals surface area contributed by atoms with Gasteiger partial charge in [-0.1, -0.05) is 12.1 Å². The standard InChI is InChI=1S/C23H23FN4O6S/c1-12(2)27-35(33,34)14-5-3-4-13(10-14)11-25-20-16(24)7-6-15-19(20)23(32)28(22(15)31)17-8-9-18(29)26-21(17)30/h3-7,10,12,17,25,27H,8-9,11H2,1-2H3,(H,26,29,30). The molecule has 0 saturated carbocycles. The van der Waals surface area contributed by atoms with Gasteiger partial charge in [-0.25, -0.2) is 17.5 Å². The Balaban J connectivity index is 1.60. The SMILES string of the molecule is CC(C)NS(=O)(=O)c1cccc(CNc2c(F)ccc3c2C(=O)N(C2CCC(=O)NC2=O)C3=O)c1. The zero-order valence-electron chi connectivity index (χ0n) is 18.9. The summed E-state index contributed by atoms with van der Waals surface area (Å²) >= 11 is 0. The molecule has 35 heavy (non-hydrogen) atoms. The maximum Gasteiger partial charge on any atom is 0.264 e. The van der Waals surface area contributed by atoms with Crippen LogP contribution in [0.4, 0.5) is 10.1 Å². The summed E-state index contributed by atoms with van der Waals surface area (Å²) < 4.78 is 42.2. The molecule has 0 aromatic heterocycles. The second-order valence-electron chi connectivity index (χ2n) is 8.57. The first kappa shape index (κ1) is 24.5. The number of sulfonamides is 1. The van der Waals surface area contributed by atoms with Gasteiger partial charge in [-0.2, -0.15) is 0 Å². The molecule has 4 rings (SSSR count). The summed E-state index contributed by atoms with van der Waals surface area (Å²) in [6.45, 7) is 3.34. The first-order valence-corrected chi connectivity index (χ1v) is 12.4. The molecule has 2 heterocycles. The lowest BCUT2D eigenvalue weighted by atomic mass is 10.0. The van der Waals surface area contributed by atoms with Crippen LogP contribution >= 0.6 is 0 Å². The lowest BCUT2D eigenvalue weighted by molar-refractivity contribution is -0.136. The topological polar surface area (TPSA) is 142 Å². The Morgan fingerprint density at radius 1 is 1.11 bits per heavy atom. The smallest absolute Gasteiger partial charge is 0.264 e. The number of anilines is 1. The molecule has 0 bridgehead atoms. The maximum absolute atomic E-state index is 14.8. The van der Waals surface area contributed by atoms with Gasteiger partial charge in [-0.3, -0.25) is 29.4 Å². The lowest BCUT2D eigenvalue weighted by Gasteiger charge is -2.27. The Morgan fingerprint density at radius 3 is 2.54 bits per heavy atom. The second-order valence-corrected chi connectivity index (χ2v) is 10.3. The maximum atomic E-state index is 14.8. The summed E-state index contributed by atoms with van der Waals surface area (Å²) in [5.41, 5.74) is -0.0253. The molecular formula is C23H23FN4O6S. The van der Waals surface area contributed by atoms with Crippen molar-refractivity contribution in [2.45, 2.75) is 50.2 Å². The summed E-state index contributed by atoms with van der Waals surface area (Å²) in [7, 11) is -3.75. The van der Waals surface area contributed by atoms with Crippen molar-refractivity contribution in [3.63, 3.8) is 0 Å². The highest BCUT2D eigenvalue weighted by Crippen LogP contribution is 2.34. The predicted molar refractivity (Wildman–Crippen MR) is 122 cm³/mol. The zero-order chi connectivity index (χ0) is 25.5. The predicted octanol–water partition coefficient (Wildman–Crippen LogP) is 1.53. The average molecular weight is 503 g/mol. The van der Waals surface area contributed by atoms with Crippen LogP contribution in [0, 0.1) is 5.82 Å². The summed E-state index contributed by atoms with van der Waals surface area (Å²) in [4.78, 5) is 50.6. The highest BCUT2D eigenvalue weighted by Gasteiger charge is 2.46. The van der Waals surface area contributed by atoms with E-state index in [1.165, 1.54) is 24.3 Å². The van der Waals surface area contributed by atoms with E-state index in [9.17, 15) is 32.0 Å². The zero-order valence-corrected chi connectivity index (χ0v) is 19.7. The number of piperidine rings is 1. The number of carbonyl (C=O) groups excluding carboxylic acids is 4. The van der Waals surface area contributed by atoms with Crippen molar-refractivity contribution in [1.29, 1.82) is 0 Å².